The van der Waals surface area contributed by atoms with Crippen LogP contribution in [-0.2, 0) is 11.0 Å². The fraction of sp³-hybridized carbons (Fsp3) is 0.588. The molecule has 1 aliphatic rings. The number of likely N-dealkylation sites (tertiary alicyclic amines) is 1. The van der Waals surface area contributed by atoms with Crippen LogP contribution in [0.2, 0.25) is 19.6 Å². The Morgan fingerprint density at radius 1 is 1.32 bits per heavy atom. The summed E-state index contributed by atoms with van der Waals surface area (Å²) in [4.78, 5) is 6.99. The molecule has 1 saturated heterocycles. The molecule has 1 fully saturated rings. The van der Waals surface area contributed by atoms with E-state index in [4.69, 9.17) is 16.6 Å². The van der Waals surface area contributed by atoms with E-state index >= 15 is 0 Å². The molecule has 120 valence electrons. The Balaban J connectivity index is 2.05. The summed E-state index contributed by atoms with van der Waals surface area (Å²) < 4.78 is 6.16. The van der Waals surface area contributed by atoms with Gasteiger partial charge in [-0.05, 0) is 56.8 Å². The molecule has 22 heavy (non-hydrogen) atoms. The third kappa shape index (κ3) is 5.41. The van der Waals surface area contributed by atoms with Crippen molar-refractivity contribution in [1.82, 2.24) is 4.90 Å². The van der Waals surface area contributed by atoms with E-state index in [2.05, 4.69) is 65.0 Å². The number of hydrogen-bond acceptors (Lipinski definition) is 4. The van der Waals surface area contributed by atoms with Gasteiger partial charge in [0.25, 0.3) is 0 Å². The largest absolute Gasteiger partial charge is 0.415 e. The van der Waals surface area contributed by atoms with Crippen molar-refractivity contribution in [3.8, 4) is 0 Å². The number of aliphatic imine (C=N–C) groups is 1. The van der Waals surface area contributed by atoms with Crippen LogP contribution in [0, 0.1) is 0 Å². The van der Waals surface area contributed by atoms with Crippen molar-refractivity contribution in [2.24, 2.45) is 4.99 Å². The molecule has 0 spiro atoms. The summed E-state index contributed by atoms with van der Waals surface area (Å²) in [5, 5.41) is 2.62. The zero-order chi connectivity index (χ0) is 16.1. The van der Waals surface area contributed by atoms with E-state index in [9.17, 15) is 0 Å². The molecular weight excluding hydrogens is 308 g/mol. The Hall–Kier alpha value is -0.843. The molecule has 1 aromatic carbocycles. The lowest BCUT2D eigenvalue weighted by atomic mass is 9.90. The summed E-state index contributed by atoms with van der Waals surface area (Å²) in [5.74, 6) is 0. The van der Waals surface area contributed by atoms with Gasteiger partial charge < -0.3 is 4.43 Å². The number of isothiocyanates is 1. The summed E-state index contributed by atoms with van der Waals surface area (Å²) in [6.45, 7) is 10.3. The van der Waals surface area contributed by atoms with Crippen LogP contribution in [0.5, 0.6) is 0 Å². The van der Waals surface area contributed by atoms with Gasteiger partial charge >= 0.3 is 0 Å². The zero-order valence-electron chi connectivity index (χ0n) is 13.8. The molecule has 2 rings (SSSR count). The van der Waals surface area contributed by atoms with Crippen molar-refractivity contribution in [1.29, 1.82) is 0 Å². The Morgan fingerprint density at radius 2 is 2.05 bits per heavy atom. The Labute approximate surface area is 140 Å². The second-order valence-corrected chi connectivity index (χ2v) is 11.8. The maximum atomic E-state index is 6.16. The Bertz CT molecular complexity index is 525. The van der Waals surface area contributed by atoms with Crippen LogP contribution in [0.15, 0.2) is 35.3 Å². The van der Waals surface area contributed by atoms with Gasteiger partial charge in [-0.3, -0.25) is 4.90 Å². The van der Waals surface area contributed by atoms with Gasteiger partial charge in [-0.15, -0.1) is 0 Å². The van der Waals surface area contributed by atoms with Crippen LogP contribution in [0.25, 0.3) is 0 Å². The molecule has 3 nitrogen and oxygen atoms in total. The first-order valence-corrected chi connectivity index (χ1v) is 11.7. The fourth-order valence-corrected chi connectivity index (χ4v) is 3.77. The predicted molar refractivity (Wildman–Crippen MR) is 98.0 cm³/mol. The van der Waals surface area contributed by atoms with E-state index in [1.165, 1.54) is 5.56 Å². The standard InChI is InChI=1S/C17H26N2OSSi/c1-22(2,3)20-14-17(18-15-21)10-7-11-19(13-17)12-16-8-5-4-6-9-16/h4-6,8-9H,7,10-14H2,1-3H3. The summed E-state index contributed by atoms with van der Waals surface area (Å²) in [6, 6.07) is 10.6. The molecule has 1 aliphatic heterocycles. The van der Waals surface area contributed by atoms with Gasteiger partial charge in [0, 0.05) is 13.1 Å². The Morgan fingerprint density at radius 3 is 2.68 bits per heavy atom. The zero-order valence-corrected chi connectivity index (χ0v) is 15.7. The van der Waals surface area contributed by atoms with Crippen LogP contribution in [0.1, 0.15) is 18.4 Å². The first-order chi connectivity index (χ1) is 10.4. The number of thiocarbonyl (C=S) groups is 1. The van der Waals surface area contributed by atoms with Crippen molar-refractivity contribution in [3.05, 3.63) is 35.9 Å². The summed E-state index contributed by atoms with van der Waals surface area (Å²) in [6.07, 6.45) is 2.16. The molecule has 1 heterocycles. The van der Waals surface area contributed by atoms with Gasteiger partial charge in [0.2, 0.25) is 0 Å². The monoisotopic (exact) mass is 334 g/mol. The maximum absolute atomic E-state index is 6.16. The third-order valence-electron chi connectivity index (χ3n) is 3.94. The van der Waals surface area contributed by atoms with Crippen LogP contribution in [-0.4, -0.2) is 43.6 Å². The van der Waals surface area contributed by atoms with Gasteiger partial charge in [0.1, 0.15) is 5.54 Å². The summed E-state index contributed by atoms with van der Waals surface area (Å²) in [7, 11) is -1.55. The lowest BCUT2D eigenvalue weighted by molar-refractivity contribution is 0.0989. The summed E-state index contributed by atoms with van der Waals surface area (Å²) in [5.41, 5.74) is 1.13. The molecule has 5 heteroatoms. The van der Waals surface area contributed by atoms with Gasteiger partial charge in [-0.25, -0.2) is 4.99 Å². The SMILES string of the molecule is C[Si](C)(C)OCC1(N=C=S)CCCN(Cc2ccccc2)C1. The van der Waals surface area contributed by atoms with E-state index in [1.54, 1.807) is 0 Å². The lowest BCUT2D eigenvalue weighted by Crippen LogP contribution is -2.50. The normalized spacial score (nSPS) is 23.0. The molecule has 1 atom stereocenters. The quantitative estimate of drug-likeness (QED) is 0.447. The van der Waals surface area contributed by atoms with E-state index in [1.807, 2.05) is 0 Å². The minimum atomic E-state index is -1.55. The minimum Gasteiger partial charge on any atom is -0.415 e. The molecule has 0 aromatic heterocycles. The second kappa shape index (κ2) is 7.62. The number of rotatable bonds is 6. The molecule has 1 unspecified atom stereocenters. The number of hydrogen-bond donors (Lipinski definition) is 0. The third-order valence-corrected chi connectivity index (χ3v) is 5.04. The van der Waals surface area contributed by atoms with Gasteiger partial charge in [0.15, 0.2) is 8.32 Å². The van der Waals surface area contributed by atoms with Crippen LogP contribution in [0.4, 0.5) is 0 Å². The number of nitrogens with zero attached hydrogens (tertiary/aromatic N) is 2. The van der Waals surface area contributed by atoms with E-state index in [-0.39, 0.29) is 5.54 Å². The number of piperidine rings is 1. The molecule has 0 radical (unpaired) electrons. The minimum absolute atomic E-state index is 0.213. The topological polar surface area (TPSA) is 24.8 Å². The van der Waals surface area contributed by atoms with Crippen molar-refractivity contribution in [2.75, 3.05) is 19.7 Å². The van der Waals surface area contributed by atoms with Crippen molar-refractivity contribution < 1.29 is 4.43 Å². The lowest BCUT2D eigenvalue weighted by Gasteiger charge is -2.40. The highest BCUT2D eigenvalue weighted by Crippen LogP contribution is 2.27. The smallest absolute Gasteiger partial charge is 0.183 e. The average Bonchev–Trinajstić information content (AvgIpc) is 2.46. The van der Waals surface area contributed by atoms with Crippen LogP contribution >= 0.6 is 12.2 Å². The molecule has 0 bridgehead atoms. The highest BCUT2D eigenvalue weighted by atomic mass is 32.1. The highest BCUT2D eigenvalue weighted by molar-refractivity contribution is 7.78. The molecule has 0 aliphatic carbocycles. The predicted octanol–water partition coefficient (Wildman–Crippen LogP) is 3.98. The highest BCUT2D eigenvalue weighted by Gasteiger charge is 2.36. The van der Waals surface area contributed by atoms with Crippen molar-refractivity contribution in [3.63, 3.8) is 0 Å². The molecule has 0 amide bonds. The van der Waals surface area contributed by atoms with Crippen LogP contribution in [0.3, 0.4) is 0 Å². The van der Waals surface area contributed by atoms with Gasteiger partial charge in [0.05, 0.1) is 11.8 Å². The van der Waals surface area contributed by atoms with Crippen molar-refractivity contribution in [2.45, 2.75) is 44.6 Å². The fourth-order valence-electron chi connectivity index (χ4n) is 2.87. The Kier molecular flexibility index (Phi) is 6.06. The molecule has 0 N–H and O–H groups in total. The first kappa shape index (κ1) is 17.5. The number of benzene rings is 1. The average molecular weight is 335 g/mol. The maximum Gasteiger partial charge on any atom is 0.183 e. The van der Waals surface area contributed by atoms with Gasteiger partial charge in [-0.1, -0.05) is 30.3 Å². The van der Waals surface area contributed by atoms with E-state index in [0.717, 1.165) is 32.5 Å². The molecule has 0 saturated carbocycles. The van der Waals surface area contributed by atoms with E-state index < -0.39 is 8.32 Å². The van der Waals surface area contributed by atoms with Crippen molar-refractivity contribution >= 4 is 25.7 Å². The first-order valence-electron chi connectivity index (χ1n) is 7.92. The summed E-state index contributed by atoms with van der Waals surface area (Å²) >= 11 is 4.90. The van der Waals surface area contributed by atoms with E-state index in [0.29, 0.717) is 6.61 Å². The van der Waals surface area contributed by atoms with Crippen LogP contribution < -0.4 is 0 Å². The molecular formula is C17H26N2OSSi. The molecule has 1 aromatic rings. The van der Waals surface area contributed by atoms with Gasteiger partial charge in [-0.2, -0.15) is 0 Å². The second-order valence-electron chi connectivity index (χ2n) is 7.13.